The first-order valence-corrected chi connectivity index (χ1v) is 7.36. The molecule has 0 aromatic carbocycles. The summed E-state index contributed by atoms with van der Waals surface area (Å²) < 4.78 is 27.3. The molecule has 1 heterocycles. The zero-order valence-corrected chi connectivity index (χ0v) is 13.1. The first-order valence-electron chi connectivity index (χ1n) is 7.36. The van der Waals surface area contributed by atoms with E-state index in [0.29, 0.717) is 19.8 Å². The monoisotopic (exact) mass is 306 g/mol. The number of carbonyl (C=O) groups is 1. The summed E-state index contributed by atoms with van der Waals surface area (Å²) >= 11 is 0. The van der Waals surface area contributed by atoms with Crippen LogP contribution in [0.3, 0.4) is 0 Å². The summed E-state index contributed by atoms with van der Waals surface area (Å²) in [6, 6.07) is 0. The number of carbonyl (C=O) groups excluding carboxylic acids is 1. The lowest BCUT2D eigenvalue weighted by Gasteiger charge is -2.43. The third kappa shape index (κ3) is 5.19. The maximum Gasteiger partial charge on any atom is 0.303 e. The van der Waals surface area contributed by atoms with E-state index in [9.17, 15) is 9.90 Å². The average molecular weight is 306 g/mol. The van der Waals surface area contributed by atoms with E-state index in [2.05, 4.69) is 0 Å². The minimum absolute atomic E-state index is 0.272. The molecule has 1 aliphatic heterocycles. The maximum atomic E-state index is 11.2. The minimum atomic E-state index is -1.27. The quantitative estimate of drug-likeness (QED) is 0.653. The van der Waals surface area contributed by atoms with Crippen molar-refractivity contribution < 1.29 is 33.6 Å². The Kier molecular flexibility index (Phi) is 8.13. The molecule has 0 aromatic rings. The lowest BCUT2D eigenvalue weighted by atomic mass is 9.98. The highest BCUT2D eigenvalue weighted by Crippen LogP contribution is 2.27. The summed E-state index contributed by atoms with van der Waals surface area (Å²) in [5.41, 5.74) is 0. The second-order valence-electron chi connectivity index (χ2n) is 4.64. The Hall–Kier alpha value is -0.730. The van der Waals surface area contributed by atoms with Crippen LogP contribution in [-0.4, -0.2) is 68.2 Å². The van der Waals surface area contributed by atoms with Crippen LogP contribution in [0.1, 0.15) is 27.7 Å². The van der Waals surface area contributed by atoms with Crippen molar-refractivity contribution >= 4 is 5.97 Å². The normalized spacial score (nSPS) is 32.9. The van der Waals surface area contributed by atoms with Crippen LogP contribution in [-0.2, 0) is 28.5 Å². The van der Waals surface area contributed by atoms with Crippen molar-refractivity contribution in [1.29, 1.82) is 0 Å². The Bertz CT molecular complexity index is 310. The summed E-state index contributed by atoms with van der Waals surface area (Å²) in [4.78, 5) is 11.2. The van der Waals surface area contributed by atoms with Gasteiger partial charge in [0.15, 0.2) is 12.4 Å². The maximum absolute atomic E-state index is 11.2. The average Bonchev–Trinajstić information content (AvgIpc) is 2.43. The fourth-order valence-corrected chi connectivity index (χ4v) is 2.36. The van der Waals surface area contributed by atoms with Crippen molar-refractivity contribution in [3.63, 3.8) is 0 Å². The molecule has 1 rings (SSSR count). The smallest absolute Gasteiger partial charge is 0.303 e. The van der Waals surface area contributed by atoms with Crippen molar-refractivity contribution in [2.45, 2.75) is 58.4 Å². The molecule has 7 heteroatoms. The molecule has 0 saturated carbocycles. The molecule has 21 heavy (non-hydrogen) atoms. The standard InChI is InChI=1S/C14H26O7/c1-5-17-8-10-11(18-6-2)12(19-7-3)13(14(16)21-10)20-9(4)15/h10-14,16H,5-8H2,1-4H3/t10-,11+,12+,13-,14+/m1/s1. The van der Waals surface area contributed by atoms with Gasteiger partial charge in [-0.15, -0.1) is 0 Å². The van der Waals surface area contributed by atoms with E-state index in [1.54, 1.807) is 0 Å². The van der Waals surface area contributed by atoms with Crippen LogP contribution in [0.5, 0.6) is 0 Å². The highest BCUT2D eigenvalue weighted by atomic mass is 16.7. The lowest BCUT2D eigenvalue weighted by molar-refractivity contribution is -0.305. The first-order chi connectivity index (χ1) is 10.0. The van der Waals surface area contributed by atoms with Gasteiger partial charge in [0.25, 0.3) is 0 Å². The molecule has 1 saturated heterocycles. The van der Waals surface area contributed by atoms with Crippen LogP contribution in [0.25, 0.3) is 0 Å². The van der Waals surface area contributed by atoms with Gasteiger partial charge in [-0.2, -0.15) is 0 Å². The molecular formula is C14H26O7. The molecule has 0 unspecified atom stereocenters. The predicted octanol–water partition coefficient (Wildman–Crippen LogP) is 0.482. The Morgan fingerprint density at radius 2 is 1.67 bits per heavy atom. The third-order valence-corrected chi connectivity index (χ3v) is 3.12. The van der Waals surface area contributed by atoms with E-state index in [1.807, 2.05) is 20.8 Å². The second-order valence-corrected chi connectivity index (χ2v) is 4.64. The molecule has 0 spiro atoms. The molecule has 5 atom stereocenters. The van der Waals surface area contributed by atoms with Crippen LogP contribution >= 0.6 is 0 Å². The highest BCUT2D eigenvalue weighted by molar-refractivity contribution is 5.66. The largest absolute Gasteiger partial charge is 0.454 e. The molecule has 0 aliphatic carbocycles. The fourth-order valence-electron chi connectivity index (χ4n) is 2.36. The zero-order chi connectivity index (χ0) is 15.8. The van der Waals surface area contributed by atoms with Crippen LogP contribution in [0, 0.1) is 0 Å². The fraction of sp³-hybridized carbons (Fsp3) is 0.929. The van der Waals surface area contributed by atoms with Gasteiger partial charge in [-0.05, 0) is 20.8 Å². The minimum Gasteiger partial charge on any atom is -0.454 e. The lowest BCUT2D eigenvalue weighted by Crippen LogP contribution is -2.61. The van der Waals surface area contributed by atoms with E-state index < -0.39 is 36.7 Å². The Balaban J connectivity index is 2.90. The molecule has 0 radical (unpaired) electrons. The van der Waals surface area contributed by atoms with Gasteiger partial charge in [-0.1, -0.05) is 0 Å². The summed E-state index contributed by atoms with van der Waals surface area (Å²) in [5, 5.41) is 10.1. The number of esters is 1. The van der Waals surface area contributed by atoms with E-state index in [1.165, 1.54) is 6.92 Å². The topological polar surface area (TPSA) is 83.5 Å². The van der Waals surface area contributed by atoms with Gasteiger partial charge in [0.05, 0.1) is 6.61 Å². The van der Waals surface area contributed by atoms with Gasteiger partial charge in [-0.3, -0.25) is 4.79 Å². The van der Waals surface area contributed by atoms with E-state index in [4.69, 9.17) is 23.7 Å². The second kappa shape index (κ2) is 9.32. The van der Waals surface area contributed by atoms with Crippen LogP contribution in [0.15, 0.2) is 0 Å². The SMILES string of the molecule is CCOC[C@H]1O[C@H](O)[C@H](OC(C)=O)[C@@H](OCC)[C@H]1OCC. The molecule has 124 valence electrons. The summed E-state index contributed by atoms with van der Waals surface area (Å²) in [5.74, 6) is -0.508. The van der Waals surface area contributed by atoms with Gasteiger partial charge in [0.2, 0.25) is 0 Å². The predicted molar refractivity (Wildman–Crippen MR) is 73.8 cm³/mol. The Morgan fingerprint density at radius 1 is 1.05 bits per heavy atom. The number of ether oxygens (including phenoxy) is 5. The van der Waals surface area contributed by atoms with Gasteiger partial charge < -0.3 is 28.8 Å². The molecule has 0 aromatic heterocycles. The van der Waals surface area contributed by atoms with Gasteiger partial charge in [0.1, 0.15) is 18.3 Å². The summed E-state index contributed by atoms with van der Waals surface area (Å²) in [7, 11) is 0. The van der Waals surface area contributed by atoms with Gasteiger partial charge in [0, 0.05) is 26.7 Å². The molecule has 1 fully saturated rings. The van der Waals surface area contributed by atoms with Gasteiger partial charge in [-0.25, -0.2) is 0 Å². The Labute approximate surface area is 125 Å². The van der Waals surface area contributed by atoms with E-state index >= 15 is 0 Å². The third-order valence-electron chi connectivity index (χ3n) is 3.12. The molecule has 0 amide bonds. The number of aliphatic hydroxyl groups excluding tert-OH is 1. The number of hydrogen-bond donors (Lipinski definition) is 1. The number of hydrogen-bond acceptors (Lipinski definition) is 7. The summed E-state index contributed by atoms with van der Waals surface area (Å²) in [6.07, 6.45) is -3.75. The summed E-state index contributed by atoms with van der Waals surface area (Å²) in [6.45, 7) is 8.48. The zero-order valence-electron chi connectivity index (χ0n) is 13.1. The molecule has 7 nitrogen and oxygen atoms in total. The highest BCUT2D eigenvalue weighted by Gasteiger charge is 2.48. The first kappa shape index (κ1) is 18.3. The van der Waals surface area contributed by atoms with E-state index in [0.717, 1.165) is 0 Å². The van der Waals surface area contributed by atoms with Crippen molar-refractivity contribution in [3.8, 4) is 0 Å². The van der Waals surface area contributed by atoms with E-state index in [-0.39, 0.29) is 6.61 Å². The molecule has 1 N–H and O–H groups in total. The van der Waals surface area contributed by atoms with Crippen LogP contribution < -0.4 is 0 Å². The van der Waals surface area contributed by atoms with Crippen molar-refractivity contribution in [3.05, 3.63) is 0 Å². The number of rotatable bonds is 8. The molecule has 1 aliphatic rings. The Morgan fingerprint density at radius 3 is 2.19 bits per heavy atom. The van der Waals surface area contributed by atoms with Crippen molar-refractivity contribution in [2.75, 3.05) is 26.4 Å². The molecule has 0 bridgehead atoms. The molecular weight excluding hydrogens is 280 g/mol. The van der Waals surface area contributed by atoms with Crippen LogP contribution in [0.4, 0.5) is 0 Å². The van der Waals surface area contributed by atoms with Crippen molar-refractivity contribution in [2.24, 2.45) is 0 Å². The van der Waals surface area contributed by atoms with Gasteiger partial charge >= 0.3 is 5.97 Å². The number of aliphatic hydroxyl groups is 1. The van der Waals surface area contributed by atoms with Crippen LogP contribution in [0.2, 0.25) is 0 Å². The van der Waals surface area contributed by atoms with Crippen molar-refractivity contribution in [1.82, 2.24) is 0 Å².